The van der Waals surface area contributed by atoms with Crippen LogP contribution in [0, 0.1) is 0 Å². The molecule has 0 aliphatic heterocycles. The second kappa shape index (κ2) is 7.32. The molecule has 2 rings (SSSR count). The Morgan fingerprint density at radius 3 is 1.71 bits per heavy atom. The summed E-state index contributed by atoms with van der Waals surface area (Å²) in [5, 5.41) is 0. The van der Waals surface area contributed by atoms with Gasteiger partial charge in [-0.3, -0.25) is 0 Å². The second-order valence-electron chi connectivity index (χ2n) is 5.05. The van der Waals surface area contributed by atoms with E-state index >= 15 is 0 Å². The van der Waals surface area contributed by atoms with Crippen LogP contribution in [-0.2, 0) is 0 Å². The first kappa shape index (κ1) is 14.0. The zero-order chi connectivity index (χ0) is 12.7. The molecule has 0 bridgehead atoms. The van der Waals surface area contributed by atoms with Crippen molar-refractivity contribution in [1.29, 1.82) is 0 Å². The van der Waals surface area contributed by atoms with Gasteiger partial charge < -0.3 is 0 Å². The quantitative estimate of drug-likeness (QED) is 0.580. The molecule has 0 heteroatoms. The van der Waals surface area contributed by atoms with Crippen LogP contribution < -0.4 is 0 Å². The van der Waals surface area contributed by atoms with Crippen molar-refractivity contribution in [3.05, 3.63) is 46.6 Å². The van der Waals surface area contributed by atoms with Crippen LogP contribution in [-0.4, -0.2) is 0 Å². The summed E-state index contributed by atoms with van der Waals surface area (Å²) in [6, 6.07) is 0. The van der Waals surface area contributed by atoms with E-state index in [-0.39, 0.29) is 0 Å². The summed E-state index contributed by atoms with van der Waals surface area (Å²) in [7, 11) is 0. The van der Waals surface area contributed by atoms with Gasteiger partial charge in [-0.2, -0.15) is 0 Å². The average Bonchev–Trinajstić information content (AvgIpc) is 2.89. The van der Waals surface area contributed by atoms with Gasteiger partial charge >= 0.3 is 0 Å². The van der Waals surface area contributed by atoms with Crippen molar-refractivity contribution < 1.29 is 0 Å². The molecule has 0 radical (unpaired) electrons. The van der Waals surface area contributed by atoms with Crippen molar-refractivity contribution in [3.8, 4) is 0 Å². The van der Waals surface area contributed by atoms with Crippen LogP contribution >= 0.6 is 0 Å². The highest BCUT2D eigenvalue weighted by atomic mass is 14.1. The van der Waals surface area contributed by atoms with Gasteiger partial charge in [0.1, 0.15) is 0 Å². The summed E-state index contributed by atoms with van der Waals surface area (Å²) in [6.45, 7) is 8.79. The summed E-state index contributed by atoms with van der Waals surface area (Å²) < 4.78 is 0. The fourth-order valence-electron chi connectivity index (χ4n) is 2.16. The van der Waals surface area contributed by atoms with E-state index in [1.54, 1.807) is 0 Å². The largest absolute Gasteiger partial charge is 0.0773 e. The molecule has 0 saturated carbocycles. The molecule has 0 aromatic carbocycles. The Labute approximate surface area is 107 Å². The minimum atomic E-state index is 1.18. The second-order valence-corrected chi connectivity index (χ2v) is 5.05. The third-order valence-corrected chi connectivity index (χ3v) is 3.18. The van der Waals surface area contributed by atoms with Crippen LogP contribution in [0.2, 0.25) is 0 Å². The van der Waals surface area contributed by atoms with Crippen LogP contribution in [0.4, 0.5) is 0 Å². The van der Waals surface area contributed by atoms with Crippen molar-refractivity contribution in [2.24, 2.45) is 0 Å². The molecule has 0 N–H and O–H groups in total. The van der Waals surface area contributed by atoms with E-state index in [2.05, 4.69) is 52.0 Å². The van der Waals surface area contributed by atoms with E-state index in [9.17, 15) is 0 Å². The molecule has 0 amide bonds. The summed E-state index contributed by atoms with van der Waals surface area (Å²) in [6.07, 6.45) is 15.3. The Bertz CT molecular complexity index is 361. The van der Waals surface area contributed by atoms with E-state index < -0.39 is 0 Å². The standard InChI is InChI=1S/C9H14.C8H12/c1-3-4-9-6-5-8(2)7-9;1-3-8-5-4-7(2)6-8/h6-7H,3-5H2,1-2H3;5-6H,3-4H2,1-2H3. The van der Waals surface area contributed by atoms with Gasteiger partial charge in [0.05, 0.1) is 0 Å². The molecular formula is C17H26. The maximum absolute atomic E-state index is 2.33. The van der Waals surface area contributed by atoms with E-state index in [0.29, 0.717) is 0 Å². The fourth-order valence-corrected chi connectivity index (χ4v) is 2.16. The van der Waals surface area contributed by atoms with Crippen molar-refractivity contribution in [2.45, 2.75) is 59.8 Å². The molecule has 0 saturated heterocycles. The highest BCUT2D eigenvalue weighted by Gasteiger charge is 1.99. The Balaban J connectivity index is 0.000000171. The monoisotopic (exact) mass is 230 g/mol. The van der Waals surface area contributed by atoms with Crippen molar-refractivity contribution >= 4 is 0 Å². The fraction of sp³-hybridized carbons (Fsp3) is 0.529. The van der Waals surface area contributed by atoms with Gasteiger partial charge in [-0.1, -0.05) is 66.9 Å². The van der Waals surface area contributed by atoms with Crippen molar-refractivity contribution in [2.75, 3.05) is 0 Å². The van der Waals surface area contributed by atoms with Gasteiger partial charge in [0, 0.05) is 0 Å². The molecule has 0 nitrogen and oxygen atoms in total. The molecule has 0 heterocycles. The molecule has 2 aliphatic rings. The zero-order valence-corrected chi connectivity index (χ0v) is 11.8. The lowest BCUT2D eigenvalue weighted by Gasteiger charge is -1.91. The van der Waals surface area contributed by atoms with Crippen LogP contribution in [0.1, 0.15) is 59.8 Å². The first-order valence-corrected chi connectivity index (χ1v) is 6.88. The smallest absolute Gasteiger partial charge is 0.0133 e. The molecule has 0 atom stereocenters. The predicted octanol–water partition coefficient (Wildman–Crippen LogP) is 5.74. The number of allylic oxidation sites excluding steroid dienone is 8. The van der Waals surface area contributed by atoms with Gasteiger partial charge in [-0.25, -0.2) is 0 Å². The maximum atomic E-state index is 2.33. The summed E-state index contributed by atoms with van der Waals surface area (Å²) in [4.78, 5) is 0. The average molecular weight is 230 g/mol. The molecule has 0 fully saturated rings. The van der Waals surface area contributed by atoms with E-state index in [1.807, 2.05) is 0 Å². The van der Waals surface area contributed by atoms with Crippen LogP contribution in [0.3, 0.4) is 0 Å². The first-order chi connectivity index (χ1) is 8.15. The number of hydrogen-bond acceptors (Lipinski definition) is 0. The van der Waals surface area contributed by atoms with Crippen LogP contribution in [0.5, 0.6) is 0 Å². The molecular weight excluding hydrogens is 204 g/mol. The van der Waals surface area contributed by atoms with Crippen molar-refractivity contribution in [1.82, 2.24) is 0 Å². The normalized spacial score (nSPS) is 17.9. The predicted molar refractivity (Wildman–Crippen MR) is 78.1 cm³/mol. The highest BCUT2D eigenvalue weighted by Crippen LogP contribution is 2.20. The third kappa shape index (κ3) is 5.21. The molecule has 17 heavy (non-hydrogen) atoms. The summed E-state index contributed by atoms with van der Waals surface area (Å²) in [5.41, 5.74) is 6.05. The highest BCUT2D eigenvalue weighted by molar-refractivity contribution is 5.31. The first-order valence-electron chi connectivity index (χ1n) is 6.88. The SMILES string of the molecule is CCC1=CCC(C)=C1.CCCC1=CCC(C)=C1. The van der Waals surface area contributed by atoms with Gasteiger partial charge in [0.15, 0.2) is 0 Å². The Kier molecular flexibility index (Phi) is 6.04. The lowest BCUT2D eigenvalue weighted by atomic mass is 10.2. The summed E-state index contributed by atoms with van der Waals surface area (Å²) in [5.74, 6) is 0. The Hall–Kier alpha value is -1.04. The number of rotatable bonds is 3. The lowest BCUT2D eigenvalue weighted by Crippen LogP contribution is -1.71. The van der Waals surface area contributed by atoms with Crippen LogP contribution in [0.15, 0.2) is 46.6 Å². The molecule has 94 valence electrons. The Morgan fingerprint density at radius 2 is 1.41 bits per heavy atom. The minimum absolute atomic E-state index is 1.18. The van der Waals surface area contributed by atoms with Gasteiger partial charge in [0.25, 0.3) is 0 Å². The molecule has 0 unspecified atom stereocenters. The number of hydrogen-bond donors (Lipinski definition) is 0. The lowest BCUT2D eigenvalue weighted by molar-refractivity contribution is 0.927. The third-order valence-electron chi connectivity index (χ3n) is 3.18. The van der Waals surface area contributed by atoms with Gasteiger partial charge in [-0.15, -0.1) is 0 Å². The van der Waals surface area contributed by atoms with Gasteiger partial charge in [0.2, 0.25) is 0 Å². The van der Waals surface area contributed by atoms with E-state index in [1.165, 1.54) is 54.4 Å². The topological polar surface area (TPSA) is 0 Å². The minimum Gasteiger partial charge on any atom is -0.0773 e. The molecule has 0 aromatic rings. The van der Waals surface area contributed by atoms with Crippen LogP contribution in [0.25, 0.3) is 0 Å². The summed E-state index contributed by atoms with van der Waals surface area (Å²) >= 11 is 0. The van der Waals surface area contributed by atoms with Gasteiger partial charge in [-0.05, 0) is 39.5 Å². The van der Waals surface area contributed by atoms with E-state index in [0.717, 1.165) is 0 Å². The zero-order valence-electron chi connectivity index (χ0n) is 11.8. The van der Waals surface area contributed by atoms with E-state index in [4.69, 9.17) is 0 Å². The van der Waals surface area contributed by atoms with Crippen molar-refractivity contribution in [3.63, 3.8) is 0 Å². The Morgan fingerprint density at radius 1 is 0.882 bits per heavy atom. The molecule has 0 aromatic heterocycles. The molecule has 2 aliphatic carbocycles. The molecule has 0 spiro atoms. The maximum Gasteiger partial charge on any atom is -0.0133 e.